The summed E-state index contributed by atoms with van der Waals surface area (Å²) in [5.41, 5.74) is 8.52. The minimum absolute atomic E-state index is 0.136. The van der Waals surface area contributed by atoms with E-state index in [1.165, 1.54) is 16.7 Å². The summed E-state index contributed by atoms with van der Waals surface area (Å²) in [5.74, 6) is 0. The Hall–Kier alpha value is -2.29. The third kappa shape index (κ3) is 5.35. The Kier molecular flexibility index (Phi) is 6.35. The molecular formula is C24H33N3. The van der Waals surface area contributed by atoms with Gasteiger partial charge in [0.1, 0.15) is 0 Å². The summed E-state index contributed by atoms with van der Waals surface area (Å²) in [4.78, 5) is 14.6. The largest absolute Gasteiger partial charge is 0.284 e. The highest BCUT2D eigenvalue weighted by atomic mass is 14.9. The van der Waals surface area contributed by atoms with Gasteiger partial charge in [-0.2, -0.15) is 0 Å². The molecule has 0 unspecified atom stereocenters. The fourth-order valence-electron chi connectivity index (χ4n) is 2.96. The maximum Gasteiger partial charge on any atom is 0.0849 e. The fourth-order valence-corrected chi connectivity index (χ4v) is 2.96. The van der Waals surface area contributed by atoms with Gasteiger partial charge in [0.25, 0.3) is 0 Å². The van der Waals surface area contributed by atoms with Crippen LogP contribution in [0.5, 0.6) is 0 Å². The van der Waals surface area contributed by atoms with Crippen molar-refractivity contribution in [2.75, 3.05) is 0 Å². The molecule has 144 valence electrons. The minimum Gasteiger partial charge on any atom is -0.284 e. The van der Waals surface area contributed by atoms with Gasteiger partial charge in [-0.15, -0.1) is 0 Å². The number of hydrogen-bond acceptors (Lipinski definition) is 3. The molecule has 1 aromatic carbocycles. The maximum atomic E-state index is 4.88. The molecule has 0 amide bonds. The molecular weight excluding hydrogens is 330 g/mol. The number of aryl methyl sites for hydroxylation is 3. The van der Waals surface area contributed by atoms with E-state index in [0.717, 1.165) is 28.5 Å². The maximum absolute atomic E-state index is 4.88. The van der Waals surface area contributed by atoms with Crippen molar-refractivity contribution in [1.82, 2.24) is 4.98 Å². The van der Waals surface area contributed by atoms with Crippen LogP contribution in [0.2, 0.25) is 0 Å². The third-order valence-corrected chi connectivity index (χ3v) is 5.05. The molecule has 0 aliphatic rings. The van der Waals surface area contributed by atoms with Crippen LogP contribution in [0.3, 0.4) is 0 Å². The Morgan fingerprint density at radius 2 is 1.44 bits per heavy atom. The predicted molar refractivity (Wildman–Crippen MR) is 118 cm³/mol. The number of nitrogens with zero attached hydrogens (tertiary/aromatic N) is 3. The summed E-state index contributed by atoms with van der Waals surface area (Å²) >= 11 is 0. The van der Waals surface area contributed by atoms with Gasteiger partial charge in [-0.25, -0.2) is 4.98 Å². The van der Waals surface area contributed by atoms with Crippen LogP contribution in [0.4, 0.5) is 5.69 Å². The molecule has 0 saturated heterocycles. The lowest BCUT2D eigenvalue weighted by Crippen LogP contribution is -2.22. The quantitative estimate of drug-likeness (QED) is 0.580. The van der Waals surface area contributed by atoms with Crippen LogP contribution in [0.1, 0.15) is 69.6 Å². The first-order chi connectivity index (χ1) is 12.5. The summed E-state index contributed by atoms with van der Waals surface area (Å²) in [6, 6.07) is 10.7. The smallest absolute Gasteiger partial charge is 0.0849 e. The summed E-state index contributed by atoms with van der Waals surface area (Å²) < 4.78 is 0. The third-order valence-electron chi connectivity index (χ3n) is 5.05. The summed E-state index contributed by atoms with van der Waals surface area (Å²) in [7, 11) is 0. The Morgan fingerprint density at radius 3 is 1.96 bits per heavy atom. The van der Waals surface area contributed by atoms with E-state index in [1.54, 1.807) is 0 Å². The highest BCUT2D eigenvalue weighted by molar-refractivity contribution is 6.01. The van der Waals surface area contributed by atoms with Crippen molar-refractivity contribution < 1.29 is 0 Å². The Labute approximate surface area is 164 Å². The standard InChI is InChI=1S/C24H33N3/c1-15-13-16(2)23(17(3)14-15)26-19(5)22-12-10-11-21(27-22)18(4)25-20(6)24(7,8)9/h10-14,20H,1-9H3/t20-/m0/s1. The average molecular weight is 364 g/mol. The van der Waals surface area contributed by atoms with E-state index < -0.39 is 0 Å². The first-order valence-electron chi connectivity index (χ1n) is 9.64. The van der Waals surface area contributed by atoms with Crippen molar-refractivity contribution in [1.29, 1.82) is 0 Å². The zero-order valence-corrected chi connectivity index (χ0v) is 18.3. The van der Waals surface area contributed by atoms with E-state index >= 15 is 0 Å². The number of aromatic nitrogens is 1. The Bertz CT molecular complexity index is 860. The van der Waals surface area contributed by atoms with Crippen LogP contribution < -0.4 is 0 Å². The molecule has 27 heavy (non-hydrogen) atoms. The lowest BCUT2D eigenvalue weighted by atomic mass is 9.88. The van der Waals surface area contributed by atoms with Crippen LogP contribution in [-0.2, 0) is 0 Å². The van der Waals surface area contributed by atoms with Gasteiger partial charge in [-0.05, 0) is 70.2 Å². The molecule has 2 rings (SSSR count). The van der Waals surface area contributed by atoms with Crippen molar-refractivity contribution >= 4 is 17.1 Å². The van der Waals surface area contributed by atoms with Gasteiger partial charge in [-0.1, -0.05) is 44.5 Å². The van der Waals surface area contributed by atoms with Crippen molar-refractivity contribution in [3.05, 3.63) is 58.4 Å². The SMILES string of the molecule is CC(=Nc1c(C)cc(C)cc1C)c1cccc(C(C)=N[C@@H](C)C(C)(C)C)n1. The first kappa shape index (κ1) is 21.0. The lowest BCUT2D eigenvalue weighted by Gasteiger charge is -2.24. The van der Waals surface area contributed by atoms with E-state index in [9.17, 15) is 0 Å². The molecule has 3 heteroatoms. The fraction of sp³-hybridized carbons (Fsp3) is 0.458. The van der Waals surface area contributed by atoms with Crippen molar-refractivity contribution in [2.24, 2.45) is 15.4 Å². The normalized spacial score (nSPS) is 14.4. The molecule has 0 N–H and O–H groups in total. The van der Waals surface area contributed by atoms with E-state index in [4.69, 9.17) is 15.0 Å². The number of rotatable bonds is 4. The zero-order valence-electron chi connectivity index (χ0n) is 18.3. The topological polar surface area (TPSA) is 37.6 Å². The van der Waals surface area contributed by atoms with E-state index in [1.807, 2.05) is 32.0 Å². The van der Waals surface area contributed by atoms with Crippen LogP contribution in [0, 0.1) is 26.2 Å². The highest BCUT2D eigenvalue weighted by Crippen LogP contribution is 2.26. The van der Waals surface area contributed by atoms with Gasteiger partial charge >= 0.3 is 0 Å². The number of pyridine rings is 1. The summed E-state index contributed by atoms with van der Waals surface area (Å²) in [6.45, 7) is 19.2. The molecule has 0 bridgehead atoms. The lowest BCUT2D eigenvalue weighted by molar-refractivity contribution is 0.342. The van der Waals surface area contributed by atoms with Gasteiger partial charge in [0.2, 0.25) is 0 Å². The van der Waals surface area contributed by atoms with E-state index in [0.29, 0.717) is 0 Å². The molecule has 0 aliphatic heterocycles. The summed E-state index contributed by atoms with van der Waals surface area (Å²) in [6.07, 6.45) is 0. The number of benzene rings is 1. The molecule has 0 radical (unpaired) electrons. The van der Waals surface area contributed by atoms with Crippen LogP contribution in [-0.4, -0.2) is 22.4 Å². The van der Waals surface area contributed by atoms with Crippen LogP contribution in [0.25, 0.3) is 0 Å². The molecule has 2 aromatic rings. The zero-order chi connectivity index (χ0) is 20.4. The van der Waals surface area contributed by atoms with E-state index in [2.05, 4.69) is 60.6 Å². The second-order valence-electron chi connectivity index (χ2n) is 8.61. The minimum atomic E-state index is 0.136. The molecule has 0 saturated carbocycles. The molecule has 1 atom stereocenters. The molecule has 0 fully saturated rings. The van der Waals surface area contributed by atoms with E-state index in [-0.39, 0.29) is 11.5 Å². The van der Waals surface area contributed by atoms with Gasteiger partial charge in [0, 0.05) is 0 Å². The second kappa shape index (κ2) is 8.16. The van der Waals surface area contributed by atoms with Gasteiger partial charge in [0.05, 0.1) is 34.5 Å². The average Bonchev–Trinajstić information content (AvgIpc) is 2.57. The Morgan fingerprint density at radius 1 is 0.926 bits per heavy atom. The monoisotopic (exact) mass is 363 g/mol. The van der Waals surface area contributed by atoms with Crippen molar-refractivity contribution in [3.8, 4) is 0 Å². The molecule has 3 nitrogen and oxygen atoms in total. The number of hydrogen-bond donors (Lipinski definition) is 0. The Balaban J connectivity index is 2.39. The van der Waals surface area contributed by atoms with Crippen LogP contribution >= 0.6 is 0 Å². The molecule has 1 heterocycles. The predicted octanol–water partition coefficient (Wildman–Crippen LogP) is 6.39. The van der Waals surface area contributed by atoms with Crippen molar-refractivity contribution in [3.63, 3.8) is 0 Å². The second-order valence-corrected chi connectivity index (χ2v) is 8.61. The summed E-state index contributed by atoms with van der Waals surface area (Å²) in [5, 5.41) is 0. The molecule has 0 spiro atoms. The highest BCUT2D eigenvalue weighted by Gasteiger charge is 2.19. The number of aliphatic imine (C=N–C) groups is 2. The van der Waals surface area contributed by atoms with Gasteiger partial charge < -0.3 is 0 Å². The first-order valence-corrected chi connectivity index (χ1v) is 9.64. The van der Waals surface area contributed by atoms with Gasteiger partial charge in [0.15, 0.2) is 0 Å². The molecule has 1 aromatic heterocycles. The van der Waals surface area contributed by atoms with Gasteiger partial charge in [-0.3, -0.25) is 9.98 Å². The van der Waals surface area contributed by atoms with Crippen LogP contribution in [0.15, 0.2) is 40.3 Å². The molecule has 0 aliphatic carbocycles. The van der Waals surface area contributed by atoms with Crippen molar-refractivity contribution in [2.45, 2.75) is 68.4 Å².